The van der Waals surface area contributed by atoms with E-state index >= 15 is 0 Å². The van der Waals surface area contributed by atoms with E-state index in [2.05, 4.69) is 10.3 Å². The van der Waals surface area contributed by atoms with Gasteiger partial charge in [-0.15, -0.1) is 11.3 Å². The molecule has 0 bridgehead atoms. The monoisotopic (exact) mass is 350 g/mol. The molecule has 0 aliphatic carbocycles. The smallest absolute Gasteiger partial charge is 0.252 e. The van der Waals surface area contributed by atoms with Crippen LogP contribution in [0.15, 0.2) is 23.6 Å². The Bertz CT molecular complexity index is 704. The molecule has 1 aliphatic heterocycles. The minimum absolute atomic E-state index is 0.0255. The number of amides is 1. The van der Waals surface area contributed by atoms with Crippen molar-refractivity contribution in [1.29, 1.82) is 0 Å². The Labute approximate surface area is 143 Å². The number of carbonyl (C=O) groups is 1. The number of hydrogen-bond acceptors (Lipinski definition) is 7. The lowest BCUT2D eigenvalue weighted by atomic mass is 10.1. The molecule has 0 unspecified atom stereocenters. The van der Waals surface area contributed by atoms with Crippen molar-refractivity contribution in [1.82, 2.24) is 4.98 Å². The Morgan fingerprint density at radius 2 is 2.12 bits per heavy atom. The molecule has 0 radical (unpaired) electrons. The number of fused-ring (bicyclic) bond motifs is 1. The van der Waals surface area contributed by atoms with E-state index in [1.54, 1.807) is 7.11 Å². The summed E-state index contributed by atoms with van der Waals surface area (Å²) in [6.07, 6.45) is 0. The van der Waals surface area contributed by atoms with Crippen LogP contribution in [0, 0.1) is 0 Å². The average molecular weight is 350 g/mol. The van der Waals surface area contributed by atoms with E-state index in [1.807, 2.05) is 23.6 Å². The molecule has 1 amide bonds. The fourth-order valence-corrected chi connectivity index (χ4v) is 2.86. The van der Waals surface area contributed by atoms with Crippen LogP contribution in [-0.4, -0.2) is 51.0 Å². The molecule has 2 heterocycles. The summed E-state index contributed by atoms with van der Waals surface area (Å²) < 4.78 is 21.1. The second-order valence-corrected chi connectivity index (χ2v) is 5.85. The number of anilines is 1. The lowest BCUT2D eigenvalue weighted by molar-refractivity contribution is -0.121. The van der Waals surface area contributed by atoms with Crippen molar-refractivity contribution in [3.63, 3.8) is 0 Å². The summed E-state index contributed by atoms with van der Waals surface area (Å²) in [6, 6.07) is 5.68. The number of rotatable bonds is 7. The van der Waals surface area contributed by atoms with Gasteiger partial charge in [0, 0.05) is 18.1 Å². The maximum absolute atomic E-state index is 11.8. The summed E-state index contributed by atoms with van der Waals surface area (Å²) in [5.74, 6) is 1.21. The summed E-state index contributed by atoms with van der Waals surface area (Å²) in [4.78, 5) is 16.2. The third-order valence-electron chi connectivity index (χ3n) is 3.25. The quantitative estimate of drug-likeness (QED) is 0.771. The first-order chi connectivity index (χ1) is 11.8. The van der Waals surface area contributed by atoms with E-state index in [-0.39, 0.29) is 12.5 Å². The molecule has 3 rings (SSSR count). The van der Waals surface area contributed by atoms with Crippen molar-refractivity contribution in [2.75, 3.05) is 45.5 Å². The molecule has 1 aromatic carbocycles. The Balaban J connectivity index is 1.60. The van der Waals surface area contributed by atoms with Gasteiger partial charge in [-0.1, -0.05) is 0 Å². The summed E-state index contributed by atoms with van der Waals surface area (Å²) in [5.41, 5.74) is 1.68. The predicted molar refractivity (Wildman–Crippen MR) is 89.9 cm³/mol. The van der Waals surface area contributed by atoms with E-state index in [1.165, 1.54) is 11.3 Å². The standard InChI is InChI=1S/C16H18N2O5S/c1-20-4-5-21-9-15(19)18-16-17-12(10-24-16)11-2-3-13-14(8-11)23-7-6-22-13/h2-3,8,10H,4-7,9H2,1H3,(H,17,18,19). The SMILES string of the molecule is COCCOCC(=O)Nc1nc(-c2ccc3c(c2)OCCO3)cs1. The van der Waals surface area contributed by atoms with Crippen LogP contribution in [0.25, 0.3) is 11.3 Å². The zero-order chi connectivity index (χ0) is 16.8. The van der Waals surface area contributed by atoms with Crippen molar-refractivity contribution >= 4 is 22.4 Å². The van der Waals surface area contributed by atoms with Crippen LogP contribution in [-0.2, 0) is 14.3 Å². The van der Waals surface area contributed by atoms with Crippen LogP contribution in [0.3, 0.4) is 0 Å². The normalized spacial score (nSPS) is 12.9. The van der Waals surface area contributed by atoms with Crippen LogP contribution < -0.4 is 14.8 Å². The zero-order valence-corrected chi connectivity index (χ0v) is 14.1. The van der Waals surface area contributed by atoms with Gasteiger partial charge in [0.25, 0.3) is 5.91 Å². The molecule has 0 fully saturated rings. The number of ether oxygens (including phenoxy) is 4. The molecule has 0 saturated heterocycles. The third kappa shape index (κ3) is 4.22. The Kier molecular flexibility index (Phi) is 5.63. The number of nitrogens with one attached hydrogen (secondary N) is 1. The Morgan fingerprint density at radius 1 is 1.29 bits per heavy atom. The van der Waals surface area contributed by atoms with Gasteiger partial charge in [-0.2, -0.15) is 0 Å². The molecule has 1 aliphatic rings. The van der Waals surface area contributed by atoms with Crippen LogP contribution in [0.4, 0.5) is 5.13 Å². The molecular formula is C16H18N2O5S. The zero-order valence-electron chi connectivity index (χ0n) is 13.2. The highest BCUT2D eigenvalue weighted by Crippen LogP contribution is 2.35. The summed E-state index contributed by atoms with van der Waals surface area (Å²) in [7, 11) is 1.58. The van der Waals surface area contributed by atoms with Gasteiger partial charge in [0.2, 0.25) is 0 Å². The summed E-state index contributed by atoms with van der Waals surface area (Å²) >= 11 is 1.36. The highest BCUT2D eigenvalue weighted by atomic mass is 32.1. The first-order valence-electron chi connectivity index (χ1n) is 7.48. The largest absolute Gasteiger partial charge is 0.486 e. The fraction of sp³-hybridized carbons (Fsp3) is 0.375. The molecule has 7 nitrogen and oxygen atoms in total. The molecule has 8 heteroatoms. The molecular weight excluding hydrogens is 332 g/mol. The third-order valence-corrected chi connectivity index (χ3v) is 4.01. The van der Waals surface area contributed by atoms with Gasteiger partial charge in [0.15, 0.2) is 16.6 Å². The molecule has 1 aromatic heterocycles. The van der Waals surface area contributed by atoms with Gasteiger partial charge in [-0.25, -0.2) is 4.98 Å². The Morgan fingerprint density at radius 3 is 2.96 bits per heavy atom. The molecule has 0 atom stereocenters. The van der Waals surface area contributed by atoms with E-state index < -0.39 is 0 Å². The topological polar surface area (TPSA) is 78.9 Å². The van der Waals surface area contributed by atoms with Gasteiger partial charge in [-0.3, -0.25) is 10.1 Å². The van der Waals surface area contributed by atoms with Crippen molar-refractivity contribution in [3.05, 3.63) is 23.6 Å². The van der Waals surface area contributed by atoms with Gasteiger partial charge in [0.05, 0.1) is 18.9 Å². The predicted octanol–water partition coefficient (Wildman–Crippen LogP) is 2.18. The molecule has 24 heavy (non-hydrogen) atoms. The maximum atomic E-state index is 11.8. The average Bonchev–Trinajstić information content (AvgIpc) is 3.07. The highest BCUT2D eigenvalue weighted by molar-refractivity contribution is 7.14. The highest BCUT2D eigenvalue weighted by Gasteiger charge is 2.14. The second-order valence-electron chi connectivity index (χ2n) is 4.99. The number of aromatic nitrogens is 1. The number of nitrogens with zero attached hydrogens (tertiary/aromatic N) is 1. The van der Waals surface area contributed by atoms with Gasteiger partial charge in [-0.05, 0) is 18.2 Å². The number of methoxy groups -OCH3 is 1. The maximum Gasteiger partial charge on any atom is 0.252 e. The molecule has 2 aromatic rings. The van der Waals surface area contributed by atoms with Crippen molar-refractivity contribution in [3.8, 4) is 22.8 Å². The second kappa shape index (κ2) is 8.09. The van der Waals surface area contributed by atoms with Crippen LogP contribution in [0.5, 0.6) is 11.5 Å². The Hall–Kier alpha value is -2.16. The molecule has 0 saturated carbocycles. The number of carbonyl (C=O) groups excluding carboxylic acids is 1. The number of hydrogen-bond donors (Lipinski definition) is 1. The minimum Gasteiger partial charge on any atom is -0.486 e. The van der Waals surface area contributed by atoms with E-state index in [9.17, 15) is 4.79 Å². The molecule has 1 N–H and O–H groups in total. The van der Waals surface area contributed by atoms with E-state index in [0.717, 1.165) is 17.0 Å². The van der Waals surface area contributed by atoms with Crippen molar-refractivity contribution in [2.45, 2.75) is 0 Å². The van der Waals surface area contributed by atoms with Crippen LogP contribution in [0.1, 0.15) is 0 Å². The first-order valence-corrected chi connectivity index (χ1v) is 8.36. The van der Waals surface area contributed by atoms with E-state index in [4.69, 9.17) is 18.9 Å². The van der Waals surface area contributed by atoms with Gasteiger partial charge >= 0.3 is 0 Å². The van der Waals surface area contributed by atoms with E-state index in [0.29, 0.717) is 37.3 Å². The number of benzene rings is 1. The first kappa shape index (κ1) is 16.7. The molecule has 128 valence electrons. The molecule has 0 spiro atoms. The van der Waals surface area contributed by atoms with Crippen molar-refractivity contribution in [2.24, 2.45) is 0 Å². The fourth-order valence-electron chi connectivity index (χ4n) is 2.13. The summed E-state index contributed by atoms with van der Waals surface area (Å²) in [6.45, 7) is 1.91. The lowest BCUT2D eigenvalue weighted by Crippen LogP contribution is -2.19. The number of thiazole rings is 1. The van der Waals surface area contributed by atoms with Crippen LogP contribution in [0.2, 0.25) is 0 Å². The summed E-state index contributed by atoms with van der Waals surface area (Å²) in [5, 5.41) is 5.13. The van der Waals surface area contributed by atoms with Crippen LogP contribution >= 0.6 is 11.3 Å². The minimum atomic E-state index is -0.242. The van der Waals surface area contributed by atoms with Gasteiger partial charge in [0.1, 0.15) is 19.8 Å². The lowest BCUT2D eigenvalue weighted by Gasteiger charge is -2.18. The van der Waals surface area contributed by atoms with Gasteiger partial charge < -0.3 is 18.9 Å². The van der Waals surface area contributed by atoms with Crippen molar-refractivity contribution < 1.29 is 23.7 Å².